The highest BCUT2D eigenvalue weighted by atomic mass is 16.1. The number of hydrogen-bond acceptors (Lipinski definition) is 7. The first-order valence-corrected chi connectivity index (χ1v) is 10.6. The Balaban J connectivity index is 1.63. The van der Waals surface area contributed by atoms with E-state index in [0.717, 1.165) is 35.4 Å². The molecule has 3 heterocycles. The van der Waals surface area contributed by atoms with Crippen molar-refractivity contribution in [1.82, 2.24) is 24.5 Å². The molecule has 31 heavy (non-hydrogen) atoms. The molecule has 0 spiro atoms. The summed E-state index contributed by atoms with van der Waals surface area (Å²) in [7, 11) is 6.07. The highest BCUT2D eigenvalue weighted by Gasteiger charge is 2.29. The lowest BCUT2D eigenvalue weighted by molar-refractivity contribution is 0.100. The van der Waals surface area contributed by atoms with Gasteiger partial charge in [-0.2, -0.15) is 5.10 Å². The molecule has 1 aliphatic rings. The van der Waals surface area contributed by atoms with E-state index in [9.17, 15) is 4.79 Å². The molecular formula is C22H30N8O. The number of nitrogens with one attached hydrogen (secondary N) is 1. The number of likely N-dealkylation sites (N-methyl/N-ethyl adjacent to an activating group) is 2. The van der Waals surface area contributed by atoms with E-state index in [1.54, 1.807) is 4.52 Å². The van der Waals surface area contributed by atoms with Crippen molar-refractivity contribution in [3.05, 3.63) is 36.4 Å². The number of fused-ring (bicyclic) bond motifs is 1. The minimum absolute atomic E-state index is 0.267. The predicted octanol–water partition coefficient (Wildman–Crippen LogP) is 2.10. The van der Waals surface area contributed by atoms with Gasteiger partial charge in [0.25, 0.3) is 5.91 Å². The van der Waals surface area contributed by atoms with Gasteiger partial charge in [-0.25, -0.2) is 14.5 Å². The van der Waals surface area contributed by atoms with Crippen molar-refractivity contribution in [2.24, 2.45) is 11.7 Å². The molecule has 0 aliphatic heterocycles. The molecule has 1 fully saturated rings. The number of primary amides is 1. The number of nitrogens with two attached hydrogens (primary N) is 1. The molecule has 0 aromatic carbocycles. The Hall–Kier alpha value is -3.20. The summed E-state index contributed by atoms with van der Waals surface area (Å²) in [6.07, 6.45) is 9.50. The van der Waals surface area contributed by atoms with Gasteiger partial charge in [-0.15, -0.1) is 0 Å². The molecule has 0 radical (unpaired) electrons. The average molecular weight is 423 g/mol. The number of carbonyl (C=O) groups is 1. The van der Waals surface area contributed by atoms with Crippen molar-refractivity contribution in [1.29, 1.82) is 0 Å². The van der Waals surface area contributed by atoms with E-state index in [4.69, 9.17) is 5.73 Å². The van der Waals surface area contributed by atoms with Crippen LogP contribution in [0.5, 0.6) is 0 Å². The summed E-state index contributed by atoms with van der Waals surface area (Å²) in [5.74, 6) is 0.828. The van der Waals surface area contributed by atoms with Gasteiger partial charge in [0.1, 0.15) is 0 Å². The first-order valence-electron chi connectivity index (χ1n) is 10.6. The van der Waals surface area contributed by atoms with Crippen molar-refractivity contribution in [3.63, 3.8) is 0 Å². The first kappa shape index (κ1) is 21.0. The molecule has 1 aliphatic carbocycles. The lowest BCUT2D eigenvalue weighted by atomic mass is 10.1. The van der Waals surface area contributed by atoms with E-state index >= 15 is 0 Å². The highest BCUT2D eigenvalue weighted by molar-refractivity contribution is 6.02. The summed E-state index contributed by atoms with van der Waals surface area (Å²) >= 11 is 0. The third-order valence-electron chi connectivity index (χ3n) is 5.80. The maximum Gasteiger partial charge on any atom is 0.252 e. The van der Waals surface area contributed by atoms with Gasteiger partial charge in [0.2, 0.25) is 5.95 Å². The lowest BCUT2D eigenvalue weighted by Crippen LogP contribution is -2.29. The Morgan fingerprint density at radius 1 is 1.19 bits per heavy atom. The van der Waals surface area contributed by atoms with Gasteiger partial charge in [0, 0.05) is 55.9 Å². The zero-order valence-corrected chi connectivity index (χ0v) is 18.5. The predicted molar refractivity (Wildman–Crippen MR) is 122 cm³/mol. The standard InChI is InChI=1S/C22H30N8O/c1-14(15-5-6-15)27-20-18(21(23)31)12-26-30-13-16(9-19(20)30)17-10-24-22(25-11-17)29(4)8-7-28(2)3/h9-15,27H,5-8H2,1-4H3,(H2,23,31)/t14-/m1/s1. The van der Waals surface area contributed by atoms with E-state index in [0.29, 0.717) is 17.4 Å². The van der Waals surface area contributed by atoms with Gasteiger partial charge in [-0.1, -0.05) is 0 Å². The van der Waals surface area contributed by atoms with Crippen LogP contribution >= 0.6 is 0 Å². The molecule has 0 saturated heterocycles. The minimum atomic E-state index is -0.489. The van der Waals surface area contributed by atoms with Crippen molar-refractivity contribution < 1.29 is 4.79 Å². The summed E-state index contributed by atoms with van der Waals surface area (Å²) in [6, 6.07) is 2.26. The van der Waals surface area contributed by atoms with Crippen LogP contribution in [-0.2, 0) is 0 Å². The number of carbonyl (C=O) groups excluding carboxylic acids is 1. The Kier molecular flexibility index (Phi) is 5.77. The van der Waals surface area contributed by atoms with E-state index in [2.05, 4.69) is 32.2 Å². The number of amides is 1. The van der Waals surface area contributed by atoms with Crippen LogP contribution in [0, 0.1) is 5.92 Å². The molecule has 4 rings (SSSR count). The molecule has 1 amide bonds. The molecule has 9 nitrogen and oxygen atoms in total. The van der Waals surface area contributed by atoms with Crippen LogP contribution in [0.2, 0.25) is 0 Å². The minimum Gasteiger partial charge on any atom is -0.380 e. The van der Waals surface area contributed by atoms with Crippen molar-refractivity contribution in [2.75, 3.05) is 44.4 Å². The molecule has 0 unspecified atom stereocenters. The number of anilines is 2. The second kappa shape index (κ2) is 8.50. The normalized spacial score (nSPS) is 14.7. The van der Waals surface area contributed by atoms with Crippen molar-refractivity contribution in [2.45, 2.75) is 25.8 Å². The summed E-state index contributed by atoms with van der Waals surface area (Å²) in [4.78, 5) is 25.2. The monoisotopic (exact) mass is 422 g/mol. The van der Waals surface area contributed by atoms with Gasteiger partial charge in [-0.3, -0.25) is 4.79 Å². The average Bonchev–Trinajstić information content (AvgIpc) is 3.51. The maximum absolute atomic E-state index is 12.0. The molecule has 9 heteroatoms. The number of nitrogens with zero attached hydrogens (tertiary/aromatic N) is 6. The summed E-state index contributed by atoms with van der Waals surface area (Å²) in [5, 5.41) is 7.89. The quantitative estimate of drug-likeness (QED) is 0.544. The molecule has 1 atom stereocenters. The first-order chi connectivity index (χ1) is 14.8. The van der Waals surface area contributed by atoms with E-state index in [1.165, 1.54) is 19.0 Å². The van der Waals surface area contributed by atoms with Crippen LogP contribution in [0.15, 0.2) is 30.9 Å². The second-order valence-electron chi connectivity index (χ2n) is 8.62. The van der Waals surface area contributed by atoms with E-state index in [-0.39, 0.29) is 6.04 Å². The molecular weight excluding hydrogens is 392 g/mol. The smallest absolute Gasteiger partial charge is 0.252 e. The van der Waals surface area contributed by atoms with Crippen LogP contribution in [0.4, 0.5) is 11.6 Å². The lowest BCUT2D eigenvalue weighted by Gasteiger charge is -2.19. The highest BCUT2D eigenvalue weighted by Crippen LogP contribution is 2.36. The molecule has 3 N–H and O–H groups in total. The summed E-state index contributed by atoms with van der Waals surface area (Å²) in [5.41, 5.74) is 9.38. The van der Waals surface area contributed by atoms with Crippen molar-refractivity contribution in [3.8, 4) is 11.1 Å². The summed E-state index contributed by atoms with van der Waals surface area (Å²) < 4.78 is 1.76. The van der Waals surface area contributed by atoms with Crippen molar-refractivity contribution >= 4 is 23.1 Å². The fourth-order valence-corrected chi connectivity index (χ4v) is 3.61. The topological polar surface area (TPSA) is 105 Å². The molecule has 164 valence electrons. The number of hydrogen-bond donors (Lipinski definition) is 2. The fourth-order valence-electron chi connectivity index (χ4n) is 3.61. The molecule has 3 aromatic heterocycles. The molecule has 1 saturated carbocycles. The zero-order chi connectivity index (χ0) is 22.1. The van der Waals surface area contributed by atoms with Gasteiger partial charge >= 0.3 is 0 Å². The Morgan fingerprint density at radius 2 is 1.90 bits per heavy atom. The second-order valence-corrected chi connectivity index (χ2v) is 8.62. The number of rotatable bonds is 9. The Labute approximate surface area is 182 Å². The van der Waals surface area contributed by atoms with Gasteiger partial charge < -0.3 is 20.9 Å². The SMILES string of the molecule is C[C@@H](Nc1c(C(N)=O)cnn2cc(-c3cnc(N(C)CCN(C)C)nc3)cc12)C1CC1. The van der Waals surface area contributed by atoms with Crippen LogP contribution in [0.1, 0.15) is 30.1 Å². The van der Waals surface area contributed by atoms with Gasteiger partial charge in [0.05, 0.1) is 23.0 Å². The summed E-state index contributed by atoms with van der Waals surface area (Å²) in [6.45, 7) is 3.91. The third kappa shape index (κ3) is 4.61. The maximum atomic E-state index is 12.0. The van der Waals surface area contributed by atoms with E-state index in [1.807, 2.05) is 50.7 Å². The van der Waals surface area contributed by atoms with Crippen LogP contribution in [0.3, 0.4) is 0 Å². The van der Waals surface area contributed by atoms with Gasteiger partial charge in [0.15, 0.2) is 0 Å². The molecule has 3 aromatic rings. The van der Waals surface area contributed by atoms with Gasteiger partial charge in [-0.05, 0) is 45.8 Å². The van der Waals surface area contributed by atoms with Crippen LogP contribution in [-0.4, -0.2) is 70.7 Å². The third-order valence-corrected chi connectivity index (χ3v) is 5.80. The Bertz CT molecular complexity index is 1070. The van der Waals surface area contributed by atoms with Crippen LogP contribution < -0.4 is 16.0 Å². The van der Waals surface area contributed by atoms with E-state index < -0.39 is 5.91 Å². The molecule has 0 bridgehead atoms. The Morgan fingerprint density at radius 3 is 2.52 bits per heavy atom. The number of aromatic nitrogens is 4. The fraction of sp³-hybridized carbons (Fsp3) is 0.455. The zero-order valence-electron chi connectivity index (χ0n) is 18.5. The van der Waals surface area contributed by atoms with Crippen LogP contribution in [0.25, 0.3) is 16.6 Å². The largest absolute Gasteiger partial charge is 0.380 e.